The molecule has 2 aliphatic rings. The van der Waals surface area contributed by atoms with Crippen molar-refractivity contribution < 1.29 is 4.39 Å². The molecule has 0 bridgehead atoms. The third-order valence-electron chi connectivity index (χ3n) is 2.56. The number of hydrogen-bond acceptors (Lipinski definition) is 1. The highest BCUT2D eigenvalue weighted by atomic mass is 35.5. The van der Waals surface area contributed by atoms with E-state index in [1.54, 1.807) is 0 Å². The molecule has 1 N–H and O–H groups in total. The van der Waals surface area contributed by atoms with Gasteiger partial charge in [0.15, 0.2) is 0 Å². The third-order valence-corrected chi connectivity index (χ3v) is 2.56. The molecule has 1 heterocycles. The van der Waals surface area contributed by atoms with E-state index in [9.17, 15) is 4.39 Å². The summed E-state index contributed by atoms with van der Waals surface area (Å²) in [4.78, 5) is 0. The molecule has 1 nitrogen and oxygen atoms in total. The molecule has 1 saturated heterocycles. The van der Waals surface area contributed by atoms with Gasteiger partial charge in [-0.05, 0) is 32.2 Å². The smallest absolute Gasteiger partial charge is 0.104 e. The lowest BCUT2D eigenvalue weighted by Crippen LogP contribution is -2.52. The van der Waals surface area contributed by atoms with Crippen LogP contribution in [0.3, 0.4) is 0 Å². The Bertz CT molecular complexity index is 115. The van der Waals surface area contributed by atoms with Crippen molar-refractivity contribution in [2.45, 2.75) is 37.4 Å². The molecular formula is C7H13ClFN. The van der Waals surface area contributed by atoms with Gasteiger partial charge in [0.2, 0.25) is 0 Å². The zero-order chi connectivity index (χ0) is 6.32. The standard InChI is InChI=1S/C7H12FN.ClH/c8-6-4-7(5-6)2-1-3-9-7;/h6,9H,1-5H2;1H. The van der Waals surface area contributed by atoms with Crippen LogP contribution in [0.25, 0.3) is 0 Å². The Balaban J connectivity index is 0.000000500. The molecule has 60 valence electrons. The van der Waals surface area contributed by atoms with E-state index in [1.165, 1.54) is 12.8 Å². The van der Waals surface area contributed by atoms with Crippen LogP contribution in [0.1, 0.15) is 25.7 Å². The van der Waals surface area contributed by atoms with E-state index in [0.29, 0.717) is 0 Å². The molecule has 0 aromatic heterocycles. The normalized spacial score (nSPS) is 44.7. The summed E-state index contributed by atoms with van der Waals surface area (Å²) in [7, 11) is 0. The SMILES string of the molecule is Cl.FC1CC2(CCCN2)C1. The summed E-state index contributed by atoms with van der Waals surface area (Å²) < 4.78 is 12.4. The van der Waals surface area contributed by atoms with E-state index in [0.717, 1.165) is 19.4 Å². The molecule has 1 saturated carbocycles. The number of rotatable bonds is 0. The minimum absolute atomic E-state index is 0. The summed E-state index contributed by atoms with van der Waals surface area (Å²) in [6, 6.07) is 0. The van der Waals surface area contributed by atoms with Crippen LogP contribution < -0.4 is 5.32 Å². The number of halogens is 2. The molecule has 2 fully saturated rings. The number of hydrogen-bond donors (Lipinski definition) is 1. The lowest BCUT2D eigenvalue weighted by Gasteiger charge is -2.41. The van der Waals surface area contributed by atoms with E-state index in [2.05, 4.69) is 5.32 Å². The largest absolute Gasteiger partial charge is 0.311 e. The molecule has 0 amide bonds. The third kappa shape index (κ3) is 1.15. The second-order valence-electron chi connectivity index (χ2n) is 3.32. The van der Waals surface area contributed by atoms with Gasteiger partial charge in [-0.2, -0.15) is 0 Å². The first-order valence-electron chi connectivity index (χ1n) is 3.70. The average molecular weight is 166 g/mol. The van der Waals surface area contributed by atoms with Crippen molar-refractivity contribution in [2.24, 2.45) is 0 Å². The maximum absolute atomic E-state index is 12.4. The van der Waals surface area contributed by atoms with Crippen molar-refractivity contribution in [1.29, 1.82) is 0 Å². The Morgan fingerprint density at radius 3 is 2.50 bits per heavy atom. The second kappa shape index (κ2) is 2.67. The van der Waals surface area contributed by atoms with Crippen molar-refractivity contribution in [2.75, 3.05) is 6.54 Å². The molecule has 3 heteroatoms. The highest BCUT2D eigenvalue weighted by Gasteiger charge is 2.45. The van der Waals surface area contributed by atoms with Crippen LogP contribution in [-0.4, -0.2) is 18.3 Å². The average Bonchev–Trinajstić information content (AvgIpc) is 2.12. The zero-order valence-corrected chi connectivity index (χ0v) is 6.72. The van der Waals surface area contributed by atoms with Crippen molar-refractivity contribution >= 4 is 12.4 Å². The lowest BCUT2D eigenvalue weighted by molar-refractivity contribution is 0.0832. The van der Waals surface area contributed by atoms with Crippen LogP contribution in [0, 0.1) is 0 Å². The maximum Gasteiger partial charge on any atom is 0.104 e. The summed E-state index contributed by atoms with van der Waals surface area (Å²) in [5, 5.41) is 3.36. The molecule has 2 rings (SSSR count). The maximum atomic E-state index is 12.4. The summed E-state index contributed by atoms with van der Waals surface area (Å²) in [6.07, 6.45) is 3.48. The fraction of sp³-hybridized carbons (Fsp3) is 1.00. The van der Waals surface area contributed by atoms with Gasteiger partial charge in [0, 0.05) is 5.54 Å². The first kappa shape index (κ1) is 8.28. The van der Waals surface area contributed by atoms with Gasteiger partial charge >= 0.3 is 0 Å². The van der Waals surface area contributed by atoms with Gasteiger partial charge in [0.05, 0.1) is 0 Å². The molecule has 0 unspecified atom stereocenters. The molecule has 0 aromatic rings. The molecule has 0 atom stereocenters. The Kier molecular flexibility index (Phi) is 2.21. The first-order valence-corrected chi connectivity index (χ1v) is 3.70. The van der Waals surface area contributed by atoms with Gasteiger partial charge in [-0.15, -0.1) is 12.4 Å². The Hall–Kier alpha value is 0.180. The predicted molar refractivity (Wildman–Crippen MR) is 41.3 cm³/mol. The van der Waals surface area contributed by atoms with Gasteiger partial charge in [-0.1, -0.05) is 0 Å². The fourth-order valence-electron chi connectivity index (χ4n) is 2.01. The number of nitrogens with one attached hydrogen (secondary N) is 1. The van der Waals surface area contributed by atoms with Crippen molar-refractivity contribution in [3.8, 4) is 0 Å². The molecule has 1 aliphatic heterocycles. The van der Waals surface area contributed by atoms with E-state index in [4.69, 9.17) is 0 Å². The first-order chi connectivity index (χ1) is 4.31. The van der Waals surface area contributed by atoms with Crippen molar-refractivity contribution in [3.05, 3.63) is 0 Å². The van der Waals surface area contributed by atoms with E-state index in [1.807, 2.05) is 0 Å². The summed E-state index contributed by atoms with van der Waals surface area (Å²) in [6.45, 7) is 1.10. The number of alkyl halides is 1. The van der Waals surface area contributed by atoms with Crippen LogP contribution in [0.15, 0.2) is 0 Å². The summed E-state index contributed by atoms with van der Waals surface area (Å²) in [5.74, 6) is 0. The van der Waals surface area contributed by atoms with Crippen LogP contribution in [0.4, 0.5) is 4.39 Å². The molecule has 1 spiro atoms. The van der Waals surface area contributed by atoms with Crippen molar-refractivity contribution in [3.63, 3.8) is 0 Å². The van der Waals surface area contributed by atoms with Gasteiger partial charge in [0.25, 0.3) is 0 Å². The fourth-order valence-corrected chi connectivity index (χ4v) is 2.01. The van der Waals surface area contributed by atoms with Gasteiger partial charge in [-0.3, -0.25) is 0 Å². The predicted octanol–water partition coefficient (Wildman–Crippen LogP) is 1.66. The minimum atomic E-state index is -0.504. The van der Waals surface area contributed by atoms with Gasteiger partial charge in [-0.25, -0.2) is 4.39 Å². The van der Waals surface area contributed by atoms with E-state index < -0.39 is 6.17 Å². The molecule has 0 radical (unpaired) electrons. The summed E-state index contributed by atoms with van der Waals surface area (Å²) in [5.41, 5.74) is 0.263. The van der Waals surface area contributed by atoms with Crippen LogP contribution in [0.2, 0.25) is 0 Å². The highest BCUT2D eigenvalue weighted by molar-refractivity contribution is 5.85. The van der Waals surface area contributed by atoms with E-state index in [-0.39, 0.29) is 17.9 Å². The van der Waals surface area contributed by atoms with E-state index >= 15 is 0 Å². The minimum Gasteiger partial charge on any atom is -0.311 e. The highest BCUT2D eigenvalue weighted by Crippen LogP contribution is 2.40. The topological polar surface area (TPSA) is 12.0 Å². The van der Waals surface area contributed by atoms with Crippen LogP contribution >= 0.6 is 12.4 Å². The van der Waals surface area contributed by atoms with Crippen LogP contribution in [-0.2, 0) is 0 Å². The molecule has 10 heavy (non-hydrogen) atoms. The Morgan fingerprint density at radius 1 is 1.40 bits per heavy atom. The van der Waals surface area contributed by atoms with Gasteiger partial charge < -0.3 is 5.32 Å². The summed E-state index contributed by atoms with van der Waals surface area (Å²) >= 11 is 0. The Morgan fingerprint density at radius 2 is 2.10 bits per heavy atom. The quantitative estimate of drug-likeness (QED) is 0.576. The molecule has 1 aliphatic carbocycles. The zero-order valence-electron chi connectivity index (χ0n) is 5.90. The monoisotopic (exact) mass is 165 g/mol. The van der Waals surface area contributed by atoms with Gasteiger partial charge in [0.1, 0.15) is 6.17 Å². The second-order valence-corrected chi connectivity index (χ2v) is 3.32. The molecule has 0 aromatic carbocycles. The lowest BCUT2D eigenvalue weighted by atomic mass is 9.74. The van der Waals surface area contributed by atoms with Crippen LogP contribution in [0.5, 0.6) is 0 Å². The molecular weight excluding hydrogens is 153 g/mol. The Labute approximate surface area is 66.8 Å². The van der Waals surface area contributed by atoms with Crippen molar-refractivity contribution in [1.82, 2.24) is 5.32 Å².